The molecule has 4 nitrogen and oxygen atoms in total. The molecule has 4 aliphatic rings. The van der Waals surface area contributed by atoms with E-state index in [1.807, 2.05) is 18.4 Å². The fourth-order valence-electron chi connectivity index (χ4n) is 12.4. The van der Waals surface area contributed by atoms with Crippen LogP contribution in [0.2, 0.25) is 0 Å². The van der Waals surface area contributed by atoms with Crippen LogP contribution in [0.5, 0.6) is 0 Å². The van der Waals surface area contributed by atoms with Gasteiger partial charge in [-0.3, -0.25) is 0 Å². The molecular formula is C68H89BN3O. The van der Waals surface area contributed by atoms with Gasteiger partial charge in [0.15, 0.2) is 7.28 Å². The molecule has 4 atom stereocenters. The lowest BCUT2D eigenvalue weighted by Gasteiger charge is -2.51. The van der Waals surface area contributed by atoms with Crippen LogP contribution in [0, 0.1) is 21.7 Å². The standard InChI is InChI=1S/C68H89BN3O/c1-19-51(30-27-35-64(8,9)10)71(62-42-50-29-24-23-28-49(50)41-59(62)69-60-45-73-63-44-54-47(6)32-31-46(5)53(54)43-55(60)63)52(33-38-70-39-34-58(66(14,15)16)56(20-2)65(11,12)13)40-48(7)72-61(22-4)57(21-3)67(17)36-25-26-37-68(67,72)18/h19-23,27-28,30,33-35,39-47,70H,1-4,24-26,29,31-32,36-38H2,5-18H3/b35-27+,39-34+,48-40+,51-30+,52-33+,58-56-. The van der Waals surface area contributed by atoms with Crippen LogP contribution in [0.4, 0.5) is 5.69 Å². The quantitative estimate of drug-likeness (QED) is 0.0881. The zero-order valence-corrected chi connectivity index (χ0v) is 47.6. The Labute approximate surface area is 443 Å². The van der Waals surface area contributed by atoms with Crippen LogP contribution in [0.25, 0.3) is 17.0 Å². The molecule has 0 amide bonds. The first-order chi connectivity index (χ1) is 34.4. The van der Waals surface area contributed by atoms with Crippen molar-refractivity contribution in [3.63, 3.8) is 0 Å². The molecule has 0 spiro atoms. The van der Waals surface area contributed by atoms with Gasteiger partial charge in [0.2, 0.25) is 0 Å². The maximum Gasteiger partial charge on any atom is 0.199 e. The summed E-state index contributed by atoms with van der Waals surface area (Å²) in [6, 6.07) is 9.59. The van der Waals surface area contributed by atoms with E-state index in [1.54, 1.807) is 0 Å². The lowest BCUT2D eigenvalue weighted by molar-refractivity contribution is 0.0499. The molecule has 1 radical (unpaired) electrons. The Morgan fingerprint density at radius 1 is 0.849 bits per heavy atom. The molecule has 2 aromatic carbocycles. The van der Waals surface area contributed by atoms with E-state index in [-0.39, 0.29) is 27.2 Å². The number of anilines is 1. The average Bonchev–Trinajstić information content (AvgIpc) is 3.81. The molecule has 1 N–H and O–H groups in total. The molecule has 0 bridgehead atoms. The predicted octanol–water partition coefficient (Wildman–Crippen LogP) is 17.3. The minimum absolute atomic E-state index is 0.0140. The molecule has 1 fully saturated rings. The van der Waals surface area contributed by atoms with Gasteiger partial charge < -0.3 is 19.5 Å². The van der Waals surface area contributed by atoms with E-state index in [4.69, 9.17) is 4.42 Å². The third kappa shape index (κ3) is 11.2. The predicted molar refractivity (Wildman–Crippen MR) is 320 cm³/mol. The Morgan fingerprint density at radius 3 is 2.16 bits per heavy atom. The highest BCUT2D eigenvalue weighted by atomic mass is 16.3. The lowest BCUT2D eigenvalue weighted by Crippen LogP contribution is -2.53. The number of allylic oxidation sites excluding steroid dienone is 13. The van der Waals surface area contributed by atoms with Gasteiger partial charge in [-0.2, -0.15) is 0 Å². The zero-order valence-electron chi connectivity index (χ0n) is 47.6. The molecule has 73 heavy (non-hydrogen) atoms. The number of nitrogens with one attached hydrogen (secondary N) is 1. The lowest BCUT2D eigenvalue weighted by atomic mass is 9.61. The van der Waals surface area contributed by atoms with Gasteiger partial charge >= 0.3 is 0 Å². The summed E-state index contributed by atoms with van der Waals surface area (Å²) in [4.78, 5) is 5.05. The number of furan rings is 1. The van der Waals surface area contributed by atoms with E-state index in [2.05, 4.69) is 237 Å². The van der Waals surface area contributed by atoms with Crippen molar-refractivity contribution in [1.29, 1.82) is 0 Å². The van der Waals surface area contributed by atoms with E-state index >= 15 is 0 Å². The molecule has 0 saturated heterocycles. The summed E-state index contributed by atoms with van der Waals surface area (Å²) in [5.74, 6) is 1.03. The Hall–Kier alpha value is -5.68. The van der Waals surface area contributed by atoms with Crippen LogP contribution in [0.15, 0.2) is 174 Å². The summed E-state index contributed by atoms with van der Waals surface area (Å²) in [6.07, 6.45) is 39.6. The molecule has 1 aromatic heterocycles. The number of aryl methyl sites for hydroxylation is 1. The fourth-order valence-corrected chi connectivity index (χ4v) is 12.4. The van der Waals surface area contributed by atoms with Crippen LogP contribution in [-0.4, -0.2) is 24.3 Å². The van der Waals surface area contributed by atoms with Gasteiger partial charge in [-0.1, -0.05) is 170 Å². The van der Waals surface area contributed by atoms with Crippen molar-refractivity contribution in [3.05, 3.63) is 192 Å². The van der Waals surface area contributed by atoms with Crippen molar-refractivity contribution >= 4 is 40.9 Å². The third-order valence-electron chi connectivity index (χ3n) is 16.6. The van der Waals surface area contributed by atoms with Gasteiger partial charge in [-0.05, 0) is 186 Å². The fraction of sp³-hybridized carbons (Fsp3) is 0.441. The highest BCUT2D eigenvalue weighted by molar-refractivity contribution is 6.71. The number of nitrogens with zero attached hydrogens (tertiary/aromatic N) is 2. The van der Waals surface area contributed by atoms with E-state index in [0.717, 1.165) is 76.1 Å². The highest BCUT2D eigenvalue weighted by Crippen LogP contribution is 2.60. The van der Waals surface area contributed by atoms with Gasteiger partial charge in [0.1, 0.15) is 5.58 Å². The topological polar surface area (TPSA) is 31.6 Å². The number of hydrogen-bond acceptors (Lipinski definition) is 4. The summed E-state index contributed by atoms with van der Waals surface area (Å²) >= 11 is 0. The number of hydrogen-bond donors (Lipinski definition) is 1. The van der Waals surface area contributed by atoms with E-state index < -0.39 is 0 Å². The summed E-state index contributed by atoms with van der Waals surface area (Å²) in [7, 11) is 2.36. The van der Waals surface area contributed by atoms with E-state index in [0.29, 0.717) is 18.4 Å². The smallest absolute Gasteiger partial charge is 0.199 e. The van der Waals surface area contributed by atoms with Gasteiger partial charge in [-0.25, -0.2) is 0 Å². The average molecular weight is 975 g/mol. The Bertz CT molecular complexity index is 2880. The van der Waals surface area contributed by atoms with Gasteiger partial charge in [0.25, 0.3) is 0 Å². The molecule has 3 aromatic rings. The van der Waals surface area contributed by atoms with Crippen molar-refractivity contribution in [1.82, 2.24) is 10.2 Å². The SMILES string of the molecule is C=CC1=C(C=C)C2(C)CCCCC2(C)N1/C(C)=C/C(=C\CN/C=C/C(=C(\C=C)C(C)(C)C)C(C)(C)C)N(/C(C=C)=C/C=C/C(C)(C)C)c1cc2c(cc1[B]c1coc3cc4c(cc13)C(C)CCC4C)C=CCC2. The Morgan fingerprint density at radius 2 is 1.53 bits per heavy atom. The van der Waals surface area contributed by atoms with Crippen molar-refractivity contribution in [2.24, 2.45) is 21.7 Å². The number of rotatable bonds is 16. The monoisotopic (exact) mass is 975 g/mol. The van der Waals surface area contributed by atoms with Crippen LogP contribution in [-0.2, 0) is 6.42 Å². The summed E-state index contributed by atoms with van der Waals surface area (Å²) in [5.41, 5.74) is 17.4. The molecule has 7 rings (SSSR count). The molecular weight excluding hydrogens is 886 g/mol. The van der Waals surface area contributed by atoms with E-state index in [9.17, 15) is 0 Å². The van der Waals surface area contributed by atoms with Gasteiger partial charge in [0.05, 0.1) is 11.8 Å². The second kappa shape index (κ2) is 21.7. The molecule has 1 aliphatic heterocycles. The second-order valence-corrected chi connectivity index (χ2v) is 25.1. The van der Waals surface area contributed by atoms with Crippen molar-refractivity contribution < 1.29 is 4.42 Å². The minimum Gasteiger partial charge on any atom is -0.465 e. The molecule has 5 heteroatoms. The Balaban J connectivity index is 1.48. The molecule has 2 heterocycles. The first-order valence-corrected chi connectivity index (χ1v) is 27.4. The zero-order chi connectivity index (χ0) is 53.3. The normalized spacial score (nSPS) is 23.4. The molecule has 385 valence electrons. The Kier molecular flexibility index (Phi) is 16.3. The number of benzene rings is 2. The second-order valence-electron chi connectivity index (χ2n) is 25.1. The highest BCUT2D eigenvalue weighted by Gasteiger charge is 2.57. The molecule has 1 saturated carbocycles. The van der Waals surface area contributed by atoms with Crippen molar-refractivity contribution in [3.8, 4) is 0 Å². The maximum atomic E-state index is 6.48. The molecule has 4 unspecified atom stereocenters. The summed E-state index contributed by atoms with van der Waals surface area (Å²) in [6.45, 7) is 50.6. The van der Waals surface area contributed by atoms with Crippen LogP contribution < -0.4 is 21.1 Å². The number of fused-ring (bicyclic) bond motifs is 4. The van der Waals surface area contributed by atoms with Crippen molar-refractivity contribution in [2.75, 3.05) is 11.4 Å². The van der Waals surface area contributed by atoms with Crippen LogP contribution in [0.1, 0.15) is 176 Å². The third-order valence-corrected chi connectivity index (χ3v) is 16.6. The van der Waals surface area contributed by atoms with Gasteiger partial charge in [0, 0.05) is 45.8 Å². The van der Waals surface area contributed by atoms with Gasteiger partial charge in [-0.15, -0.1) is 0 Å². The van der Waals surface area contributed by atoms with Crippen LogP contribution in [0.3, 0.4) is 0 Å². The first kappa shape index (κ1) is 55.1. The van der Waals surface area contributed by atoms with Crippen molar-refractivity contribution in [2.45, 2.75) is 166 Å². The van der Waals surface area contributed by atoms with E-state index in [1.165, 1.54) is 64.7 Å². The summed E-state index contributed by atoms with van der Waals surface area (Å²) < 4.78 is 6.48. The minimum atomic E-state index is -0.165. The maximum absolute atomic E-state index is 6.48. The largest absolute Gasteiger partial charge is 0.465 e. The summed E-state index contributed by atoms with van der Waals surface area (Å²) in [5, 5.41) is 4.91. The first-order valence-electron chi connectivity index (χ1n) is 27.4. The molecule has 3 aliphatic carbocycles. The van der Waals surface area contributed by atoms with Crippen LogP contribution >= 0.6 is 0 Å².